The van der Waals surface area contributed by atoms with Crippen LogP contribution in [0.4, 0.5) is 11.4 Å². The monoisotopic (exact) mass is 330 g/mol. The summed E-state index contributed by atoms with van der Waals surface area (Å²) in [5, 5.41) is 3.97. The molecule has 1 aromatic carbocycles. The van der Waals surface area contributed by atoms with E-state index in [1.54, 1.807) is 18.2 Å². The lowest BCUT2D eigenvalue weighted by molar-refractivity contribution is 0.293. The quantitative estimate of drug-likeness (QED) is 0.859. The molecule has 2 unspecified atom stereocenters. The van der Waals surface area contributed by atoms with Crippen molar-refractivity contribution in [3.8, 4) is 0 Å². The van der Waals surface area contributed by atoms with Crippen molar-refractivity contribution >= 4 is 33.0 Å². The molecular weight excluding hydrogens is 308 g/mol. The zero-order chi connectivity index (χ0) is 15.5. The normalized spacial score (nSPS) is 22.8. The summed E-state index contributed by atoms with van der Waals surface area (Å²) in [5.41, 5.74) is 1.31. The number of sulfonamides is 1. The molecule has 1 saturated carbocycles. The average Bonchev–Trinajstić information content (AvgIpc) is 2.38. The van der Waals surface area contributed by atoms with Crippen LogP contribution in [0, 0.1) is 11.8 Å². The van der Waals surface area contributed by atoms with E-state index in [0.29, 0.717) is 16.6 Å². The Hall–Kier alpha value is -0.940. The van der Waals surface area contributed by atoms with Crippen molar-refractivity contribution in [2.45, 2.75) is 32.6 Å². The molecule has 0 saturated heterocycles. The van der Waals surface area contributed by atoms with E-state index in [1.807, 2.05) is 0 Å². The maximum absolute atomic E-state index is 11.3. The Kier molecular flexibility index (Phi) is 5.38. The first kappa shape index (κ1) is 16.4. The number of nitrogens with one attached hydrogen (secondary N) is 2. The summed E-state index contributed by atoms with van der Waals surface area (Å²) in [7, 11) is -3.27. The standard InChI is InChI=1S/C15H23ClN2O2S/c1-11-4-3-5-12(8-11)10-17-15-9-13(6-7-14(15)16)18-21(2,19)20/h6-7,9,11-12,17-18H,3-5,8,10H2,1-2H3. The Morgan fingerprint density at radius 3 is 2.76 bits per heavy atom. The molecule has 0 radical (unpaired) electrons. The fourth-order valence-corrected chi connectivity index (χ4v) is 3.68. The van der Waals surface area contributed by atoms with Crippen LogP contribution < -0.4 is 10.0 Å². The summed E-state index contributed by atoms with van der Waals surface area (Å²) in [4.78, 5) is 0. The molecule has 2 rings (SSSR count). The zero-order valence-electron chi connectivity index (χ0n) is 12.5. The van der Waals surface area contributed by atoms with E-state index < -0.39 is 10.0 Å². The minimum Gasteiger partial charge on any atom is -0.384 e. The van der Waals surface area contributed by atoms with E-state index in [-0.39, 0.29) is 0 Å². The smallest absolute Gasteiger partial charge is 0.229 e. The second kappa shape index (κ2) is 6.88. The summed E-state index contributed by atoms with van der Waals surface area (Å²) >= 11 is 6.17. The summed E-state index contributed by atoms with van der Waals surface area (Å²) in [6.07, 6.45) is 6.24. The van der Waals surface area contributed by atoms with Gasteiger partial charge >= 0.3 is 0 Å². The predicted octanol–water partition coefficient (Wildman–Crippen LogP) is 3.95. The Labute approximate surface area is 132 Å². The number of halogens is 1. The molecule has 0 aromatic heterocycles. The molecule has 21 heavy (non-hydrogen) atoms. The molecule has 6 heteroatoms. The molecule has 4 nitrogen and oxygen atoms in total. The van der Waals surface area contributed by atoms with E-state index in [2.05, 4.69) is 17.0 Å². The lowest BCUT2D eigenvalue weighted by Crippen LogP contribution is -2.21. The molecule has 0 aliphatic heterocycles. The van der Waals surface area contributed by atoms with E-state index >= 15 is 0 Å². The second-order valence-corrected chi connectivity index (χ2v) is 8.24. The van der Waals surface area contributed by atoms with Crippen molar-refractivity contribution in [3.63, 3.8) is 0 Å². The highest BCUT2D eigenvalue weighted by atomic mass is 35.5. The van der Waals surface area contributed by atoms with Gasteiger partial charge in [-0.25, -0.2) is 8.42 Å². The first-order valence-electron chi connectivity index (χ1n) is 7.34. The molecule has 118 valence electrons. The predicted molar refractivity (Wildman–Crippen MR) is 89.5 cm³/mol. The molecule has 1 aliphatic rings. The molecule has 1 aromatic rings. The van der Waals surface area contributed by atoms with Crippen LogP contribution in [0.5, 0.6) is 0 Å². The highest BCUT2D eigenvalue weighted by molar-refractivity contribution is 7.92. The Morgan fingerprint density at radius 1 is 1.33 bits per heavy atom. The zero-order valence-corrected chi connectivity index (χ0v) is 14.1. The van der Waals surface area contributed by atoms with Gasteiger partial charge < -0.3 is 5.32 Å². The highest BCUT2D eigenvalue weighted by Crippen LogP contribution is 2.30. The van der Waals surface area contributed by atoms with E-state index in [9.17, 15) is 8.42 Å². The molecule has 1 aliphatic carbocycles. The van der Waals surface area contributed by atoms with E-state index in [1.165, 1.54) is 25.7 Å². The number of benzene rings is 1. The molecule has 2 atom stereocenters. The highest BCUT2D eigenvalue weighted by Gasteiger charge is 2.18. The fourth-order valence-electron chi connectivity index (χ4n) is 2.94. The molecule has 0 spiro atoms. The first-order chi connectivity index (χ1) is 9.83. The number of anilines is 2. The average molecular weight is 331 g/mol. The topological polar surface area (TPSA) is 58.2 Å². The molecule has 1 fully saturated rings. The molecule has 2 N–H and O–H groups in total. The van der Waals surface area contributed by atoms with Crippen molar-refractivity contribution < 1.29 is 8.42 Å². The lowest BCUT2D eigenvalue weighted by Gasteiger charge is -2.27. The number of rotatable bonds is 5. The van der Waals surface area contributed by atoms with Gasteiger partial charge in [0.25, 0.3) is 0 Å². The van der Waals surface area contributed by atoms with Crippen LogP contribution in [-0.2, 0) is 10.0 Å². The van der Waals surface area contributed by atoms with Gasteiger partial charge in [-0.3, -0.25) is 4.72 Å². The van der Waals surface area contributed by atoms with Crippen LogP contribution >= 0.6 is 11.6 Å². The van der Waals surface area contributed by atoms with Gasteiger partial charge in [0.15, 0.2) is 0 Å². The molecule has 0 bridgehead atoms. The number of hydrogen-bond donors (Lipinski definition) is 2. The summed E-state index contributed by atoms with van der Waals surface area (Å²) in [5.74, 6) is 1.45. The van der Waals surface area contributed by atoms with Gasteiger partial charge in [0, 0.05) is 6.54 Å². The van der Waals surface area contributed by atoms with Gasteiger partial charge in [-0.2, -0.15) is 0 Å². The van der Waals surface area contributed by atoms with E-state index in [0.717, 1.165) is 24.4 Å². The van der Waals surface area contributed by atoms with Gasteiger partial charge in [-0.05, 0) is 42.9 Å². The van der Waals surface area contributed by atoms with Gasteiger partial charge in [0.05, 0.1) is 22.7 Å². The minimum absolute atomic E-state index is 0.529. The second-order valence-electron chi connectivity index (χ2n) is 6.09. The maximum atomic E-state index is 11.3. The lowest BCUT2D eigenvalue weighted by atomic mass is 9.82. The van der Waals surface area contributed by atoms with Gasteiger partial charge in [0.2, 0.25) is 10.0 Å². The van der Waals surface area contributed by atoms with Crippen LogP contribution in [0.2, 0.25) is 5.02 Å². The van der Waals surface area contributed by atoms with Gasteiger partial charge in [-0.1, -0.05) is 31.4 Å². The van der Waals surface area contributed by atoms with Crippen molar-refractivity contribution in [1.29, 1.82) is 0 Å². The van der Waals surface area contributed by atoms with Crippen LogP contribution in [-0.4, -0.2) is 21.2 Å². The molecule has 0 heterocycles. The van der Waals surface area contributed by atoms with Crippen LogP contribution in [0.3, 0.4) is 0 Å². The fraction of sp³-hybridized carbons (Fsp3) is 0.600. The van der Waals surface area contributed by atoms with Crippen LogP contribution in [0.1, 0.15) is 32.6 Å². The maximum Gasteiger partial charge on any atom is 0.229 e. The largest absolute Gasteiger partial charge is 0.384 e. The van der Waals surface area contributed by atoms with Crippen molar-refractivity contribution in [1.82, 2.24) is 0 Å². The minimum atomic E-state index is -3.27. The van der Waals surface area contributed by atoms with Crippen molar-refractivity contribution in [2.24, 2.45) is 11.8 Å². The van der Waals surface area contributed by atoms with E-state index in [4.69, 9.17) is 11.6 Å². The van der Waals surface area contributed by atoms with Gasteiger partial charge in [0.1, 0.15) is 0 Å². The Balaban J connectivity index is 2.00. The SMILES string of the molecule is CC1CCCC(CNc2cc(NS(C)(=O)=O)ccc2Cl)C1. The first-order valence-corrected chi connectivity index (χ1v) is 9.61. The summed E-state index contributed by atoms with van der Waals surface area (Å²) in [6.45, 7) is 3.18. The molecular formula is C15H23ClN2O2S. The number of hydrogen-bond acceptors (Lipinski definition) is 3. The van der Waals surface area contributed by atoms with Crippen LogP contribution in [0.15, 0.2) is 18.2 Å². The summed E-state index contributed by atoms with van der Waals surface area (Å²) in [6, 6.07) is 5.12. The van der Waals surface area contributed by atoms with Crippen molar-refractivity contribution in [2.75, 3.05) is 22.8 Å². The third kappa shape index (κ3) is 5.40. The Morgan fingerprint density at radius 2 is 2.10 bits per heavy atom. The Bertz CT molecular complexity index is 589. The van der Waals surface area contributed by atoms with Crippen LogP contribution in [0.25, 0.3) is 0 Å². The third-order valence-electron chi connectivity index (χ3n) is 3.90. The molecule has 0 amide bonds. The third-order valence-corrected chi connectivity index (χ3v) is 4.83. The van der Waals surface area contributed by atoms with Gasteiger partial charge in [-0.15, -0.1) is 0 Å². The summed E-state index contributed by atoms with van der Waals surface area (Å²) < 4.78 is 25.0. The van der Waals surface area contributed by atoms with Crippen molar-refractivity contribution in [3.05, 3.63) is 23.2 Å².